The Morgan fingerprint density at radius 1 is 1.10 bits per heavy atom. The van der Waals surface area contributed by atoms with E-state index >= 15 is 0 Å². The Hall–Kier alpha value is -3.16. The lowest BCUT2D eigenvalue weighted by molar-refractivity contribution is -0.156. The molecule has 1 heterocycles. The van der Waals surface area contributed by atoms with Crippen LogP contribution in [0.5, 0.6) is 5.75 Å². The van der Waals surface area contributed by atoms with Crippen molar-refractivity contribution in [3.05, 3.63) is 54.3 Å². The molecule has 0 radical (unpaired) electrons. The van der Waals surface area contributed by atoms with Gasteiger partial charge in [0.1, 0.15) is 21.8 Å². The van der Waals surface area contributed by atoms with Gasteiger partial charge in [-0.1, -0.05) is 12.1 Å². The molecule has 0 bridgehead atoms. The van der Waals surface area contributed by atoms with Gasteiger partial charge in [0.25, 0.3) is 10.0 Å². The number of Topliss-reactive ketones (excluding diaryl/α,β-unsaturated/α-hetero) is 1. The molecule has 13 heteroatoms. The van der Waals surface area contributed by atoms with E-state index in [1.165, 1.54) is 67.2 Å². The van der Waals surface area contributed by atoms with Crippen LogP contribution in [0, 0.1) is 5.82 Å². The van der Waals surface area contributed by atoms with Crippen molar-refractivity contribution in [2.45, 2.75) is 62.1 Å². The molecular formula is C27H34FN3O7S2. The molecule has 0 spiro atoms. The normalized spacial score (nSPS) is 18.1. The third kappa shape index (κ3) is 6.42. The number of thioether (sulfide) groups is 1. The van der Waals surface area contributed by atoms with Gasteiger partial charge < -0.3 is 14.4 Å². The van der Waals surface area contributed by atoms with Gasteiger partial charge in [-0.05, 0) is 71.0 Å². The first-order valence-corrected chi connectivity index (χ1v) is 14.9. The monoisotopic (exact) mass is 595 g/mol. The van der Waals surface area contributed by atoms with Crippen LogP contribution in [0.3, 0.4) is 0 Å². The zero-order chi connectivity index (χ0) is 30.0. The van der Waals surface area contributed by atoms with Gasteiger partial charge in [-0.2, -0.15) is 0 Å². The number of hydrogen-bond acceptors (Lipinski definition) is 9. The number of sulfonamides is 1. The van der Waals surface area contributed by atoms with Crippen LogP contribution in [0.4, 0.5) is 14.9 Å². The molecule has 1 amide bonds. The third-order valence-electron chi connectivity index (χ3n) is 5.99. The minimum Gasteiger partial charge on any atom is -0.461 e. The number of anilines is 1. The van der Waals surface area contributed by atoms with Crippen LogP contribution < -0.4 is 14.4 Å². The molecule has 1 aliphatic heterocycles. The molecule has 1 fully saturated rings. The van der Waals surface area contributed by atoms with Gasteiger partial charge in [0.15, 0.2) is 5.78 Å². The van der Waals surface area contributed by atoms with Crippen molar-refractivity contribution in [2.75, 3.05) is 24.2 Å². The van der Waals surface area contributed by atoms with Crippen LogP contribution in [0.2, 0.25) is 0 Å². The molecule has 1 aliphatic rings. The van der Waals surface area contributed by atoms with Gasteiger partial charge in [0.2, 0.25) is 5.54 Å². The molecule has 0 aliphatic carbocycles. The van der Waals surface area contributed by atoms with Gasteiger partial charge in [-0.25, -0.2) is 26.7 Å². The molecule has 3 rings (SSSR count). The summed E-state index contributed by atoms with van der Waals surface area (Å²) in [5, 5.41) is 2.18. The number of ketones is 1. The van der Waals surface area contributed by atoms with Crippen LogP contribution in [-0.4, -0.2) is 73.6 Å². The molecule has 1 N–H and O–H groups in total. The quantitative estimate of drug-likeness (QED) is 0.341. The first-order valence-electron chi connectivity index (χ1n) is 12.4. The van der Waals surface area contributed by atoms with Crippen LogP contribution in [0.15, 0.2) is 53.4 Å². The number of ether oxygens (including phenoxy) is 2. The zero-order valence-electron chi connectivity index (χ0n) is 23.4. The average molecular weight is 596 g/mol. The van der Waals surface area contributed by atoms with E-state index in [2.05, 4.69) is 5.32 Å². The van der Waals surface area contributed by atoms with E-state index in [1.54, 1.807) is 13.8 Å². The Morgan fingerprint density at radius 2 is 1.70 bits per heavy atom. The smallest absolute Gasteiger partial charge is 0.414 e. The Bertz CT molecular complexity index is 1380. The van der Waals surface area contributed by atoms with Crippen LogP contribution in [-0.2, 0) is 24.3 Å². The van der Waals surface area contributed by atoms with Crippen LogP contribution >= 0.6 is 11.8 Å². The summed E-state index contributed by atoms with van der Waals surface area (Å²) < 4.78 is 54.6. The summed E-state index contributed by atoms with van der Waals surface area (Å²) in [5.41, 5.74) is -3.08. The molecule has 10 nitrogen and oxygen atoms in total. The topological polar surface area (TPSA) is 122 Å². The van der Waals surface area contributed by atoms with E-state index in [1.807, 2.05) is 13.8 Å². The van der Waals surface area contributed by atoms with Gasteiger partial charge in [-0.15, -0.1) is 11.8 Å². The summed E-state index contributed by atoms with van der Waals surface area (Å²) >= 11 is 1.23. The highest BCUT2D eigenvalue weighted by atomic mass is 32.2. The number of rotatable bonds is 9. The number of carbonyl (C=O) groups is 3. The lowest BCUT2D eigenvalue weighted by atomic mass is 9.94. The Balaban J connectivity index is 2.26. The number of nitrogens with one attached hydrogen (secondary N) is 1. The highest BCUT2D eigenvalue weighted by molar-refractivity contribution is 8.01. The van der Waals surface area contributed by atoms with Crippen molar-refractivity contribution in [3.8, 4) is 5.75 Å². The Kier molecular flexibility index (Phi) is 9.22. The second-order valence-corrected chi connectivity index (χ2v) is 13.4. The maximum atomic E-state index is 15.0. The highest BCUT2D eigenvalue weighted by Crippen LogP contribution is 2.39. The maximum absolute atomic E-state index is 15.0. The number of hydrogen-bond donors (Lipinski definition) is 1. The Morgan fingerprint density at radius 3 is 2.20 bits per heavy atom. The number of nitrogens with zero attached hydrogens (tertiary/aromatic N) is 2. The SMILES string of the molecule is CC(C)OC(=O)[C@@](C)(C(=O)[C@H]1NC(C)(C)CS1)N(c1ccc(OC(=O)N(C)C)cc1)S(=O)(=O)c1ccccc1F. The molecule has 2 aromatic carbocycles. The van der Waals surface area contributed by atoms with E-state index in [0.29, 0.717) is 10.1 Å². The molecule has 0 saturated carbocycles. The summed E-state index contributed by atoms with van der Waals surface area (Å²) in [7, 11) is -1.91. The lowest BCUT2D eigenvalue weighted by Gasteiger charge is -2.40. The fourth-order valence-corrected chi connectivity index (χ4v) is 7.23. The van der Waals surface area contributed by atoms with Crippen molar-refractivity contribution < 1.29 is 36.7 Å². The number of halogens is 1. The number of carbonyl (C=O) groups excluding carboxylic acids is 3. The van der Waals surface area contributed by atoms with E-state index in [-0.39, 0.29) is 11.4 Å². The van der Waals surface area contributed by atoms with Gasteiger partial charge in [0.05, 0.1) is 11.8 Å². The third-order valence-corrected chi connectivity index (χ3v) is 9.49. The summed E-state index contributed by atoms with van der Waals surface area (Å²) in [4.78, 5) is 40.4. The standard InChI is InChI=1S/C27H34FN3O7S2/c1-17(2)37-24(33)27(5,22(32)23-29-26(3,4)16-39-23)31(40(35,36)21-11-9-8-10-20(21)28)18-12-14-19(15-13-18)38-25(34)30(6)7/h8-15,17,23,29H,16H2,1-7H3/t23-,27+/m0/s1. The molecule has 0 aromatic heterocycles. The fourth-order valence-electron chi connectivity index (χ4n) is 3.97. The van der Waals surface area contributed by atoms with E-state index in [9.17, 15) is 27.2 Å². The lowest BCUT2D eigenvalue weighted by Crippen LogP contribution is -2.65. The second-order valence-electron chi connectivity index (χ2n) is 10.6. The molecule has 218 valence electrons. The molecule has 0 unspecified atom stereocenters. The van der Waals surface area contributed by atoms with Crippen molar-refractivity contribution in [1.29, 1.82) is 0 Å². The minimum atomic E-state index is -4.89. The maximum Gasteiger partial charge on any atom is 0.414 e. The van der Waals surface area contributed by atoms with Crippen LogP contribution in [0.1, 0.15) is 34.6 Å². The summed E-state index contributed by atoms with van der Waals surface area (Å²) in [5.74, 6) is -2.37. The summed E-state index contributed by atoms with van der Waals surface area (Å²) in [6, 6.07) is 9.84. The van der Waals surface area contributed by atoms with E-state index in [4.69, 9.17) is 9.47 Å². The fraction of sp³-hybridized carbons (Fsp3) is 0.444. The summed E-state index contributed by atoms with van der Waals surface area (Å²) in [6.45, 7) is 8.04. The van der Waals surface area contributed by atoms with Gasteiger partial charge in [-0.3, -0.25) is 10.1 Å². The molecule has 2 aromatic rings. The van der Waals surface area contributed by atoms with E-state index < -0.39 is 61.1 Å². The molecule has 1 saturated heterocycles. The summed E-state index contributed by atoms with van der Waals surface area (Å²) in [6.07, 6.45) is -1.36. The number of esters is 1. The van der Waals surface area contributed by atoms with Crippen molar-refractivity contribution in [1.82, 2.24) is 10.2 Å². The van der Waals surface area contributed by atoms with Gasteiger partial charge in [0, 0.05) is 25.4 Å². The van der Waals surface area contributed by atoms with Gasteiger partial charge >= 0.3 is 12.1 Å². The predicted octanol–water partition coefficient (Wildman–Crippen LogP) is 3.80. The van der Waals surface area contributed by atoms with Crippen molar-refractivity contribution in [3.63, 3.8) is 0 Å². The molecular weight excluding hydrogens is 561 g/mol. The van der Waals surface area contributed by atoms with Crippen LogP contribution in [0.25, 0.3) is 0 Å². The average Bonchev–Trinajstić information content (AvgIpc) is 3.23. The minimum absolute atomic E-state index is 0.0817. The first kappa shape index (κ1) is 31.4. The van der Waals surface area contributed by atoms with Crippen molar-refractivity contribution in [2.24, 2.45) is 0 Å². The highest BCUT2D eigenvalue weighted by Gasteiger charge is 2.57. The number of amides is 1. The predicted molar refractivity (Wildman–Crippen MR) is 150 cm³/mol. The largest absolute Gasteiger partial charge is 0.461 e. The second kappa shape index (κ2) is 11.8. The zero-order valence-corrected chi connectivity index (χ0v) is 25.1. The number of benzene rings is 2. The molecule has 40 heavy (non-hydrogen) atoms. The molecule has 2 atom stereocenters. The van der Waals surface area contributed by atoms with Crippen molar-refractivity contribution >= 4 is 45.3 Å². The Labute approximate surface area is 238 Å². The van der Waals surface area contributed by atoms with E-state index in [0.717, 1.165) is 19.1 Å². The first-order chi connectivity index (χ1) is 18.5.